The molecule has 0 aliphatic heterocycles. The Kier molecular flexibility index (Phi) is 6.75. The molecule has 1 aromatic carbocycles. The van der Waals surface area contributed by atoms with Crippen molar-refractivity contribution in [1.29, 1.82) is 0 Å². The van der Waals surface area contributed by atoms with Crippen LogP contribution >= 0.6 is 11.8 Å². The highest BCUT2D eigenvalue weighted by Gasteiger charge is 2.47. The highest BCUT2D eigenvalue weighted by atomic mass is 32.2. The van der Waals surface area contributed by atoms with E-state index in [4.69, 9.17) is 4.74 Å². The van der Waals surface area contributed by atoms with Crippen molar-refractivity contribution in [3.8, 4) is 5.75 Å². The van der Waals surface area contributed by atoms with Crippen molar-refractivity contribution >= 4 is 33.2 Å². The molecule has 0 saturated carbocycles. The predicted molar refractivity (Wildman–Crippen MR) is 82.5 cm³/mol. The summed E-state index contributed by atoms with van der Waals surface area (Å²) in [6.45, 7) is 1.94. The van der Waals surface area contributed by atoms with Gasteiger partial charge in [-0.25, -0.2) is 8.42 Å². The largest absolute Gasteiger partial charge is 0.501 e. The summed E-state index contributed by atoms with van der Waals surface area (Å²) in [4.78, 5) is 10.8. The van der Waals surface area contributed by atoms with E-state index in [1.54, 1.807) is 0 Å². The van der Waals surface area contributed by atoms with Gasteiger partial charge in [0.05, 0.1) is 23.4 Å². The molecule has 23 heavy (non-hydrogen) atoms. The molecule has 0 bridgehead atoms. The van der Waals surface area contributed by atoms with Crippen molar-refractivity contribution in [1.82, 2.24) is 0 Å². The third-order valence-corrected chi connectivity index (χ3v) is 5.29. The zero-order valence-electron chi connectivity index (χ0n) is 12.4. The lowest BCUT2D eigenvalue weighted by Gasteiger charge is -2.13. The van der Waals surface area contributed by atoms with Gasteiger partial charge in [-0.05, 0) is 30.4 Å². The Balaban J connectivity index is 3.07. The Morgan fingerprint density at radius 2 is 2.00 bits per heavy atom. The fraction of sp³-hybridized carbons (Fsp3) is 0.462. The Morgan fingerprint density at radius 3 is 2.52 bits per heavy atom. The number of sulfone groups is 1. The van der Waals surface area contributed by atoms with Crippen LogP contribution in [0.1, 0.15) is 13.3 Å². The lowest BCUT2D eigenvalue weighted by atomic mass is 10.3. The summed E-state index contributed by atoms with van der Waals surface area (Å²) in [6, 6.07) is 2.58. The number of amides is 1. The van der Waals surface area contributed by atoms with Crippen LogP contribution in [0.15, 0.2) is 23.1 Å². The van der Waals surface area contributed by atoms with E-state index < -0.39 is 26.1 Å². The number of halogens is 3. The Hall–Kier alpha value is -1.42. The average Bonchev–Trinajstić information content (AvgIpc) is 2.46. The molecule has 1 N–H and O–H groups in total. The van der Waals surface area contributed by atoms with Crippen LogP contribution in [0.5, 0.6) is 5.75 Å². The number of methoxy groups -OCH3 is 1. The first-order chi connectivity index (χ1) is 10.6. The number of carbonyl (C=O) groups is 1. The van der Waals surface area contributed by atoms with Crippen LogP contribution in [0.25, 0.3) is 0 Å². The van der Waals surface area contributed by atoms with Gasteiger partial charge in [0.2, 0.25) is 5.91 Å². The topological polar surface area (TPSA) is 72.5 Å². The first-order valence-corrected chi connectivity index (χ1v) is 9.14. The molecule has 0 aliphatic carbocycles. The SMILES string of the molecule is CCCSCC(=O)Nc1cc(S(=O)(=O)C(F)(F)F)ccc1OC. The van der Waals surface area contributed by atoms with Gasteiger partial charge < -0.3 is 10.1 Å². The summed E-state index contributed by atoms with van der Waals surface area (Å²) < 4.78 is 65.5. The Bertz CT molecular complexity index is 660. The molecule has 5 nitrogen and oxygen atoms in total. The summed E-state index contributed by atoms with van der Waals surface area (Å²) in [5, 5.41) is 2.37. The van der Waals surface area contributed by atoms with Gasteiger partial charge in [0.1, 0.15) is 5.75 Å². The zero-order chi connectivity index (χ0) is 17.7. The van der Waals surface area contributed by atoms with E-state index in [0.717, 1.165) is 30.4 Å². The van der Waals surface area contributed by atoms with Gasteiger partial charge >= 0.3 is 5.51 Å². The number of anilines is 1. The number of rotatable bonds is 7. The quantitative estimate of drug-likeness (QED) is 0.746. The zero-order valence-corrected chi connectivity index (χ0v) is 14.1. The maximum absolute atomic E-state index is 12.6. The number of hydrogen-bond donors (Lipinski definition) is 1. The maximum atomic E-state index is 12.6. The number of hydrogen-bond acceptors (Lipinski definition) is 5. The van der Waals surface area contributed by atoms with E-state index in [9.17, 15) is 26.4 Å². The molecule has 1 aromatic rings. The molecule has 1 rings (SSSR count). The van der Waals surface area contributed by atoms with Crippen LogP contribution in [-0.2, 0) is 14.6 Å². The summed E-state index contributed by atoms with van der Waals surface area (Å²) in [7, 11) is -4.23. The molecule has 0 spiro atoms. The van der Waals surface area contributed by atoms with Crippen molar-refractivity contribution in [2.75, 3.05) is 23.9 Å². The maximum Gasteiger partial charge on any atom is 0.501 e. The smallest absolute Gasteiger partial charge is 0.495 e. The third-order valence-electron chi connectivity index (χ3n) is 2.64. The predicted octanol–water partition coefficient (Wildman–Crippen LogP) is 3.07. The molecule has 0 radical (unpaired) electrons. The molecule has 0 unspecified atom stereocenters. The van der Waals surface area contributed by atoms with Crippen molar-refractivity contribution in [2.45, 2.75) is 23.7 Å². The monoisotopic (exact) mass is 371 g/mol. The Labute approximate surface area is 136 Å². The molecule has 1 amide bonds. The van der Waals surface area contributed by atoms with Gasteiger partial charge in [-0.3, -0.25) is 4.79 Å². The second kappa shape index (κ2) is 7.91. The number of alkyl halides is 3. The van der Waals surface area contributed by atoms with Crippen LogP contribution in [-0.4, -0.2) is 38.4 Å². The minimum Gasteiger partial charge on any atom is -0.495 e. The second-order valence-electron chi connectivity index (χ2n) is 4.41. The lowest BCUT2D eigenvalue weighted by Crippen LogP contribution is -2.23. The van der Waals surface area contributed by atoms with Crippen molar-refractivity contribution < 1.29 is 31.1 Å². The molecule has 0 heterocycles. The number of carbonyl (C=O) groups excluding carboxylic acids is 1. The van der Waals surface area contributed by atoms with E-state index in [2.05, 4.69) is 5.32 Å². The molecule has 0 atom stereocenters. The first-order valence-electron chi connectivity index (χ1n) is 6.50. The summed E-state index contributed by atoms with van der Waals surface area (Å²) >= 11 is 1.36. The van der Waals surface area contributed by atoms with Gasteiger partial charge in [-0.2, -0.15) is 24.9 Å². The molecular formula is C13H16F3NO4S2. The normalized spacial score (nSPS) is 12.0. The number of benzene rings is 1. The number of nitrogens with one attached hydrogen (secondary N) is 1. The van der Waals surface area contributed by atoms with Crippen LogP contribution in [0, 0.1) is 0 Å². The molecule has 10 heteroatoms. The van der Waals surface area contributed by atoms with Crippen LogP contribution < -0.4 is 10.1 Å². The fourth-order valence-corrected chi connectivity index (χ4v) is 3.06. The fourth-order valence-electron chi connectivity index (χ4n) is 1.58. The van der Waals surface area contributed by atoms with Crippen LogP contribution in [0.2, 0.25) is 0 Å². The lowest BCUT2D eigenvalue weighted by molar-refractivity contribution is -0.113. The third kappa shape index (κ3) is 5.03. The summed E-state index contributed by atoms with van der Waals surface area (Å²) in [5.41, 5.74) is -5.54. The van der Waals surface area contributed by atoms with E-state index in [-0.39, 0.29) is 17.2 Å². The van der Waals surface area contributed by atoms with E-state index in [0.29, 0.717) is 0 Å². The highest BCUT2D eigenvalue weighted by molar-refractivity contribution is 7.99. The van der Waals surface area contributed by atoms with Gasteiger partial charge in [-0.1, -0.05) is 6.92 Å². The molecule has 0 fully saturated rings. The average molecular weight is 371 g/mol. The van der Waals surface area contributed by atoms with Gasteiger partial charge in [-0.15, -0.1) is 0 Å². The van der Waals surface area contributed by atoms with Crippen molar-refractivity contribution in [2.24, 2.45) is 0 Å². The standard InChI is InChI=1S/C13H16F3NO4S2/c1-3-6-22-8-12(18)17-10-7-9(4-5-11(10)21-2)23(19,20)13(14,15)16/h4-5,7H,3,6,8H2,1-2H3,(H,17,18). The van der Waals surface area contributed by atoms with Gasteiger partial charge in [0, 0.05) is 0 Å². The Morgan fingerprint density at radius 1 is 1.35 bits per heavy atom. The summed E-state index contributed by atoms with van der Waals surface area (Å²) in [5.74, 6) is 0.476. The second-order valence-corrected chi connectivity index (χ2v) is 7.46. The molecule has 130 valence electrons. The van der Waals surface area contributed by atoms with Crippen molar-refractivity contribution in [3.05, 3.63) is 18.2 Å². The number of ether oxygens (including phenoxy) is 1. The molecule has 0 saturated heterocycles. The van der Waals surface area contributed by atoms with Gasteiger partial charge in [0.15, 0.2) is 0 Å². The molecular weight excluding hydrogens is 355 g/mol. The summed E-state index contributed by atoms with van der Waals surface area (Å²) in [6.07, 6.45) is 0.876. The molecule has 0 aromatic heterocycles. The highest BCUT2D eigenvalue weighted by Crippen LogP contribution is 2.34. The van der Waals surface area contributed by atoms with E-state index >= 15 is 0 Å². The van der Waals surface area contributed by atoms with E-state index in [1.807, 2.05) is 6.92 Å². The van der Waals surface area contributed by atoms with Crippen LogP contribution in [0.4, 0.5) is 18.9 Å². The minimum atomic E-state index is -5.49. The van der Waals surface area contributed by atoms with E-state index in [1.165, 1.54) is 18.9 Å². The minimum absolute atomic E-state index is 0.0694. The molecule has 0 aliphatic rings. The van der Waals surface area contributed by atoms with Crippen LogP contribution in [0.3, 0.4) is 0 Å². The first kappa shape index (κ1) is 19.6. The van der Waals surface area contributed by atoms with Crippen molar-refractivity contribution in [3.63, 3.8) is 0 Å². The number of thioether (sulfide) groups is 1. The van der Waals surface area contributed by atoms with Gasteiger partial charge in [0.25, 0.3) is 9.84 Å².